The summed E-state index contributed by atoms with van der Waals surface area (Å²) in [5.41, 5.74) is 4.77. The molecule has 428 valence electrons. The van der Waals surface area contributed by atoms with Gasteiger partial charge in [-0.25, -0.2) is 15.0 Å². The van der Waals surface area contributed by atoms with Gasteiger partial charge in [0.15, 0.2) is 23.2 Å². The van der Waals surface area contributed by atoms with E-state index in [9.17, 15) is 43.2 Å². The molecule has 0 bridgehead atoms. The van der Waals surface area contributed by atoms with Crippen LogP contribution in [0.3, 0.4) is 0 Å². The standard InChI is InChI=1S/C57H56N18O9/c1-68-17-16-58-48(68)54(82)67-45-30-74(7)50(66-45)56(84)63-35-21-41(72(5)28-35)53(81)61-33-19-39(70(3)26-33)51(79)59-15-14-46(77)64-44-29-73(6)49(65-44)55(83)62-34-20-40(71(4)27-34)52(80)60-32-18-36(69(2)25-32)12-13-47(78)75-24-31-23-57(31)38-11-9-8-10-37(38)42(76)22-43(57)75/h8-13,16-22,25-31H,14-15,23-24H2,1-7H3,(H,59,79)(H,60,80)(H,61,81)(H,62,83)(H,63,84)(H,64,77)(H,67,82)/t31-,57-/m1/s1. The van der Waals surface area contributed by atoms with Crippen LogP contribution in [0.1, 0.15) is 97.8 Å². The molecular formula is C57H56N18O9. The number of amides is 8. The number of ketones is 1. The summed E-state index contributed by atoms with van der Waals surface area (Å²) >= 11 is 0. The van der Waals surface area contributed by atoms with E-state index >= 15 is 0 Å². The van der Waals surface area contributed by atoms with E-state index < -0.39 is 41.4 Å². The number of aryl methyl sites for hydroxylation is 7. The lowest BCUT2D eigenvalue weighted by Gasteiger charge is -2.28. The van der Waals surface area contributed by atoms with Gasteiger partial charge in [-0.15, -0.1) is 0 Å². The number of likely N-dealkylation sites (tertiary alicyclic amines) is 1. The molecule has 1 saturated heterocycles. The number of fused-ring (bicyclic) bond motifs is 1. The zero-order chi connectivity index (χ0) is 59.5. The van der Waals surface area contributed by atoms with Gasteiger partial charge in [-0.2, -0.15) is 0 Å². The summed E-state index contributed by atoms with van der Waals surface area (Å²) in [5.74, 6) is -3.47. The van der Waals surface area contributed by atoms with E-state index in [-0.39, 0.29) is 82.2 Å². The molecule has 1 aromatic carbocycles. The highest BCUT2D eigenvalue weighted by atomic mass is 16.2. The Kier molecular flexibility index (Phi) is 14.0. The molecular weight excluding hydrogens is 1080 g/mol. The van der Waals surface area contributed by atoms with Gasteiger partial charge < -0.3 is 74.1 Å². The summed E-state index contributed by atoms with van der Waals surface area (Å²) in [6, 6.07) is 13.8. The van der Waals surface area contributed by atoms with E-state index in [1.54, 1.807) is 105 Å². The summed E-state index contributed by atoms with van der Waals surface area (Å²) in [5, 5.41) is 19.0. The average Bonchev–Trinajstić information content (AvgIpc) is 1.68. The predicted octanol–water partition coefficient (Wildman–Crippen LogP) is 4.15. The Morgan fingerprint density at radius 2 is 1.11 bits per heavy atom. The number of piperidine rings is 1. The Labute approximate surface area is 478 Å². The molecule has 2 aliphatic carbocycles. The molecule has 27 nitrogen and oxygen atoms in total. The normalized spacial score (nSPS) is 15.7. The molecule has 0 radical (unpaired) electrons. The Hall–Kier alpha value is -11.1. The van der Waals surface area contributed by atoms with Crippen LogP contribution in [0.25, 0.3) is 6.08 Å². The highest BCUT2D eigenvalue weighted by molar-refractivity contribution is 6.11. The summed E-state index contributed by atoms with van der Waals surface area (Å²) in [6.07, 6.45) is 17.9. The molecule has 84 heavy (non-hydrogen) atoms. The molecule has 1 spiro atoms. The minimum Gasteiger partial charge on any atom is -0.350 e. The van der Waals surface area contributed by atoms with Gasteiger partial charge in [-0.3, -0.25) is 43.2 Å². The number of rotatable bonds is 17. The molecule has 1 aliphatic heterocycles. The van der Waals surface area contributed by atoms with Gasteiger partial charge in [0.2, 0.25) is 17.6 Å². The fraction of sp³-hybridized carbons (Fsp3) is 0.228. The smallest absolute Gasteiger partial charge is 0.292 e. The second-order valence-corrected chi connectivity index (χ2v) is 20.8. The number of allylic oxidation sites excluding steroid dienone is 2. The zero-order valence-corrected chi connectivity index (χ0v) is 46.5. The van der Waals surface area contributed by atoms with Crippen LogP contribution in [0.5, 0.6) is 0 Å². The monoisotopic (exact) mass is 1140 g/mol. The molecule has 8 amide bonds. The predicted molar refractivity (Wildman–Crippen MR) is 306 cm³/mol. The minimum atomic E-state index is -0.618. The van der Waals surface area contributed by atoms with Crippen LogP contribution < -0.4 is 37.2 Å². The summed E-state index contributed by atoms with van der Waals surface area (Å²) in [7, 11) is 11.5. The first-order chi connectivity index (χ1) is 40.1. The van der Waals surface area contributed by atoms with Crippen LogP contribution in [0.4, 0.5) is 34.4 Å². The lowest BCUT2D eigenvalue weighted by Crippen LogP contribution is -2.32. The van der Waals surface area contributed by atoms with Crippen LogP contribution in [-0.2, 0) is 64.3 Å². The maximum Gasteiger partial charge on any atom is 0.292 e. The summed E-state index contributed by atoms with van der Waals surface area (Å²) < 4.78 is 10.7. The number of benzene rings is 1. The third-order valence-corrected chi connectivity index (χ3v) is 15.0. The number of hydrogen-bond acceptors (Lipinski definition) is 12. The minimum absolute atomic E-state index is 0.00685. The number of nitrogens with one attached hydrogen (secondary N) is 7. The molecule has 8 heterocycles. The van der Waals surface area contributed by atoms with E-state index in [2.05, 4.69) is 52.2 Å². The molecule has 2 fully saturated rings. The number of anilines is 6. The van der Waals surface area contributed by atoms with E-state index in [4.69, 9.17) is 0 Å². The van der Waals surface area contributed by atoms with Crippen molar-refractivity contribution in [3.05, 3.63) is 167 Å². The fourth-order valence-electron chi connectivity index (χ4n) is 10.8. The lowest BCUT2D eigenvalue weighted by atomic mass is 9.81. The van der Waals surface area contributed by atoms with Crippen LogP contribution in [-0.4, -0.2) is 118 Å². The zero-order valence-electron chi connectivity index (χ0n) is 46.5. The van der Waals surface area contributed by atoms with E-state index in [1.165, 1.54) is 73.5 Å². The van der Waals surface area contributed by atoms with Gasteiger partial charge in [0.25, 0.3) is 41.4 Å². The first-order valence-corrected chi connectivity index (χ1v) is 26.3. The maximum absolute atomic E-state index is 13.5. The highest BCUT2D eigenvalue weighted by Crippen LogP contribution is 2.66. The molecule has 8 aromatic rings. The Morgan fingerprint density at radius 3 is 1.69 bits per heavy atom. The summed E-state index contributed by atoms with van der Waals surface area (Å²) in [6.45, 7) is 0.468. The second-order valence-electron chi connectivity index (χ2n) is 20.8. The van der Waals surface area contributed by atoms with Gasteiger partial charge in [0.1, 0.15) is 17.1 Å². The molecule has 7 aromatic heterocycles. The van der Waals surface area contributed by atoms with Crippen molar-refractivity contribution in [3.63, 3.8) is 0 Å². The van der Waals surface area contributed by atoms with Gasteiger partial charge in [-0.05, 0) is 48.2 Å². The Morgan fingerprint density at radius 1 is 0.583 bits per heavy atom. The number of nitrogens with zero attached hydrogens (tertiary/aromatic N) is 11. The van der Waals surface area contributed by atoms with Gasteiger partial charge in [0, 0.05) is 153 Å². The number of carbonyl (C=O) groups excluding carboxylic acids is 9. The Balaban J connectivity index is 0.624. The largest absolute Gasteiger partial charge is 0.350 e. The van der Waals surface area contributed by atoms with Crippen LogP contribution in [0, 0.1) is 5.92 Å². The first-order valence-electron chi connectivity index (χ1n) is 26.3. The van der Waals surface area contributed by atoms with Crippen molar-refractivity contribution >= 4 is 93.5 Å². The van der Waals surface area contributed by atoms with Crippen molar-refractivity contribution in [3.8, 4) is 0 Å². The third-order valence-electron chi connectivity index (χ3n) is 15.0. The van der Waals surface area contributed by atoms with Crippen molar-refractivity contribution in [2.75, 3.05) is 45.0 Å². The van der Waals surface area contributed by atoms with Crippen molar-refractivity contribution < 1.29 is 43.2 Å². The molecule has 27 heteroatoms. The number of carbonyl (C=O) groups is 9. The molecule has 11 rings (SSSR count). The van der Waals surface area contributed by atoms with Crippen molar-refractivity contribution in [2.45, 2.75) is 18.3 Å². The molecule has 0 unspecified atom stereocenters. The van der Waals surface area contributed by atoms with E-state index in [0.717, 1.165) is 17.7 Å². The van der Waals surface area contributed by atoms with Crippen LogP contribution >= 0.6 is 0 Å². The quantitative estimate of drug-likeness (QED) is 0.0633. The SMILES string of the molecule is Cn1cc(NC(=O)c2cc(NC(=O)c3nc(NC(=O)CCNC(=O)c4cc(NC(=O)c5cc(NC(=O)c6nc(NC(=O)c7nccn7C)cn6C)cn5C)cn4C)cn3C)cn2C)cc1C=CC(=O)N1C[C@H]2C[C@@]23C1=CC(=O)c1ccccc13. The molecule has 2 atom stereocenters. The van der Waals surface area contributed by atoms with Gasteiger partial charge >= 0.3 is 0 Å². The average molecular weight is 1140 g/mol. The fourth-order valence-corrected chi connectivity index (χ4v) is 10.8. The second kappa shape index (κ2) is 21.4. The highest BCUT2D eigenvalue weighted by Gasteiger charge is 2.67. The number of aromatic nitrogens is 10. The van der Waals surface area contributed by atoms with Crippen molar-refractivity contribution in [1.29, 1.82) is 0 Å². The van der Waals surface area contributed by atoms with Crippen molar-refractivity contribution in [2.24, 2.45) is 55.3 Å². The number of imidazole rings is 3. The third kappa shape index (κ3) is 10.5. The van der Waals surface area contributed by atoms with Crippen LogP contribution in [0.15, 0.2) is 116 Å². The van der Waals surface area contributed by atoms with Gasteiger partial charge in [-0.1, -0.05) is 24.3 Å². The lowest BCUT2D eigenvalue weighted by molar-refractivity contribution is -0.124. The first kappa shape index (κ1) is 54.8. The van der Waals surface area contributed by atoms with Crippen LogP contribution in [0.2, 0.25) is 0 Å². The van der Waals surface area contributed by atoms with Gasteiger partial charge in [0.05, 0.1) is 22.7 Å². The number of hydrogen-bond donors (Lipinski definition) is 7. The molecule has 3 aliphatic rings. The summed E-state index contributed by atoms with van der Waals surface area (Å²) in [4.78, 5) is 133. The van der Waals surface area contributed by atoms with E-state index in [0.29, 0.717) is 40.6 Å². The van der Waals surface area contributed by atoms with E-state index in [1.807, 2.05) is 24.3 Å². The van der Waals surface area contributed by atoms with Crippen molar-refractivity contribution in [1.82, 2.24) is 57.1 Å². The molecule has 1 saturated carbocycles. The maximum atomic E-state index is 13.5. The molecule has 7 N–H and O–H groups in total. The Bertz CT molecular complexity index is 4170. The topological polar surface area (TPSA) is 314 Å².